The predicted octanol–water partition coefficient (Wildman–Crippen LogP) is 1.26. The van der Waals surface area contributed by atoms with Crippen molar-refractivity contribution in [1.82, 2.24) is 25.1 Å². The number of pyridine rings is 1. The summed E-state index contributed by atoms with van der Waals surface area (Å²) in [6.45, 7) is 1.38. The summed E-state index contributed by atoms with van der Waals surface area (Å²) in [5, 5.41) is 12.0. The summed E-state index contributed by atoms with van der Waals surface area (Å²) < 4.78 is 7.37. The second-order valence-electron chi connectivity index (χ2n) is 5.33. The molecule has 7 nitrogen and oxygen atoms in total. The first kappa shape index (κ1) is 15.9. The van der Waals surface area contributed by atoms with E-state index in [2.05, 4.69) is 20.5 Å². The van der Waals surface area contributed by atoms with Crippen LogP contribution in [0.1, 0.15) is 12.8 Å². The Morgan fingerprint density at radius 1 is 1.43 bits per heavy atom. The Balaban J connectivity index is 1.52. The zero-order valence-corrected chi connectivity index (χ0v) is 13.8. The van der Waals surface area contributed by atoms with Gasteiger partial charge >= 0.3 is 0 Å². The van der Waals surface area contributed by atoms with Crippen molar-refractivity contribution in [2.24, 2.45) is 7.05 Å². The second kappa shape index (κ2) is 7.56. The Kier molecular flexibility index (Phi) is 5.24. The zero-order chi connectivity index (χ0) is 16.1. The molecule has 0 aromatic carbocycles. The molecule has 2 aromatic rings. The molecule has 1 saturated heterocycles. The minimum absolute atomic E-state index is 0.0149. The summed E-state index contributed by atoms with van der Waals surface area (Å²) in [7, 11) is 1.89. The lowest BCUT2D eigenvalue weighted by Gasteiger charge is -2.10. The zero-order valence-electron chi connectivity index (χ0n) is 12.9. The lowest BCUT2D eigenvalue weighted by Crippen LogP contribution is -2.32. The number of carbonyl (C=O) groups excluding carboxylic acids is 1. The summed E-state index contributed by atoms with van der Waals surface area (Å²) in [6, 6.07) is 3.76. The monoisotopic (exact) mass is 333 g/mol. The van der Waals surface area contributed by atoms with Crippen LogP contribution in [0.25, 0.3) is 11.4 Å². The smallest absolute Gasteiger partial charge is 0.230 e. The van der Waals surface area contributed by atoms with Crippen LogP contribution in [0.3, 0.4) is 0 Å². The number of nitrogens with zero attached hydrogens (tertiary/aromatic N) is 4. The van der Waals surface area contributed by atoms with Crippen LogP contribution < -0.4 is 5.32 Å². The van der Waals surface area contributed by atoms with Crippen LogP contribution in [0.15, 0.2) is 29.7 Å². The molecule has 2 aromatic heterocycles. The third kappa shape index (κ3) is 4.08. The maximum Gasteiger partial charge on any atom is 0.230 e. The van der Waals surface area contributed by atoms with Crippen LogP contribution in [0.2, 0.25) is 0 Å². The topological polar surface area (TPSA) is 81.9 Å². The van der Waals surface area contributed by atoms with Gasteiger partial charge in [0.2, 0.25) is 5.91 Å². The van der Waals surface area contributed by atoms with Crippen LogP contribution >= 0.6 is 11.8 Å². The minimum atomic E-state index is -0.0149. The summed E-state index contributed by atoms with van der Waals surface area (Å²) in [5.41, 5.74) is 0.949. The fourth-order valence-electron chi connectivity index (χ4n) is 2.41. The minimum Gasteiger partial charge on any atom is -0.376 e. The molecule has 0 unspecified atom stereocenters. The molecule has 8 heteroatoms. The van der Waals surface area contributed by atoms with Gasteiger partial charge in [0.05, 0.1) is 11.9 Å². The molecule has 1 amide bonds. The van der Waals surface area contributed by atoms with Crippen LogP contribution in [0.4, 0.5) is 0 Å². The van der Waals surface area contributed by atoms with E-state index in [1.54, 1.807) is 12.4 Å². The maximum absolute atomic E-state index is 11.9. The van der Waals surface area contributed by atoms with E-state index in [4.69, 9.17) is 4.74 Å². The highest BCUT2D eigenvalue weighted by molar-refractivity contribution is 7.99. The van der Waals surface area contributed by atoms with E-state index in [0.29, 0.717) is 17.5 Å². The van der Waals surface area contributed by atoms with Gasteiger partial charge in [0.25, 0.3) is 0 Å². The average Bonchev–Trinajstić information content (AvgIpc) is 3.22. The van der Waals surface area contributed by atoms with Gasteiger partial charge in [-0.1, -0.05) is 11.8 Å². The largest absolute Gasteiger partial charge is 0.376 e. The van der Waals surface area contributed by atoms with E-state index in [-0.39, 0.29) is 12.0 Å². The number of aromatic nitrogens is 4. The molecule has 0 aliphatic carbocycles. The number of hydrogen-bond donors (Lipinski definition) is 1. The molecule has 122 valence electrons. The molecule has 1 atom stereocenters. The molecule has 3 rings (SSSR count). The highest BCUT2D eigenvalue weighted by atomic mass is 32.2. The molecule has 0 bridgehead atoms. The van der Waals surface area contributed by atoms with Gasteiger partial charge in [0, 0.05) is 38.2 Å². The molecule has 0 spiro atoms. The van der Waals surface area contributed by atoms with E-state index in [9.17, 15) is 4.79 Å². The van der Waals surface area contributed by atoms with Crippen molar-refractivity contribution < 1.29 is 9.53 Å². The van der Waals surface area contributed by atoms with Gasteiger partial charge in [-0.05, 0) is 25.0 Å². The van der Waals surface area contributed by atoms with Crippen molar-refractivity contribution in [3.05, 3.63) is 24.5 Å². The standard InChI is InChI=1S/C15H19N5O2S/c1-20-14(11-4-6-16-7-5-11)18-19-15(20)23-10-13(21)17-9-12-3-2-8-22-12/h4-7,12H,2-3,8-10H2,1H3,(H,17,21)/t12-/m0/s1. The van der Waals surface area contributed by atoms with Gasteiger partial charge in [-0.2, -0.15) is 0 Å². The number of amides is 1. The quantitative estimate of drug-likeness (QED) is 0.802. The summed E-state index contributed by atoms with van der Waals surface area (Å²) in [5.74, 6) is 1.06. The summed E-state index contributed by atoms with van der Waals surface area (Å²) in [6.07, 6.45) is 5.69. The molecule has 1 N–H and O–H groups in total. The highest BCUT2D eigenvalue weighted by Gasteiger charge is 2.17. The average molecular weight is 333 g/mol. The number of carbonyl (C=O) groups is 1. The predicted molar refractivity (Wildman–Crippen MR) is 86.9 cm³/mol. The number of thioether (sulfide) groups is 1. The Labute approximate surface area is 138 Å². The van der Waals surface area contributed by atoms with Crippen molar-refractivity contribution >= 4 is 17.7 Å². The van der Waals surface area contributed by atoms with Gasteiger partial charge in [0.15, 0.2) is 11.0 Å². The lowest BCUT2D eigenvalue weighted by molar-refractivity contribution is -0.119. The molecule has 23 heavy (non-hydrogen) atoms. The summed E-state index contributed by atoms with van der Waals surface area (Å²) in [4.78, 5) is 15.9. The Morgan fingerprint density at radius 3 is 3.00 bits per heavy atom. The fourth-order valence-corrected chi connectivity index (χ4v) is 3.15. The van der Waals surface area contributed by atoms with Gasteiger partial charge in [-0.25, -0.2) is 0 Å². The number of nitrogens with one attached hydrogen (secondary N) is 1. The third-order valence-corrected chi connectivity index (χ3v) is 4.68. The van der Waals surface area contributed by atoms with Gasteiger partial charge < -0.3 is 14.6 Å². The lowest BCUT2D eigenvalue weighted by atomic mass is 10.2. The first-order valence-corrected chi connectivity index (χ1v) is 8.53. The Hall–Kier alpha value is -1.93. The molecular formula is C15H19N5O2S. The van der Waals surface area contributed by atoms with Crippen molar-refractivity contribution in [2.45, 2.75) is 24.1 Å². The van der Waals surface area contributed by atoms with E-state index in [0.717, 1.165) is 30.8 Å². The molecular weight excluding hydrogens is 314 g/mol. The van der Waals surface area contributed by atoms with Crippen LogP contribution in [0.5, 0.6) is 0 Å². The van der Waals surface area contributed by atoms with E-state index >= 15 is 0 Å². The van der Waals surface area contributed by atoms with Crippen LogP contribution in [-0.2, 0) is 16.6 Å². The fraction of sp³-hybridized carbons (Fsp3) is 0.467. The SMILES string of the molecule is Cn1c(SCC(=O)NC[C@@H]2CCCO2)nnc1-c1ccncc1. The number of ether oxygens (including phenoxy) is 1. The highest BCUT2D eigenvalue weighted by Crippen LogP contribution is 2.21. The van der Waals surface area contributed by atoms with E-state index in [1.165, 1.54) is 11.8 Å². The first-order valence-electron chi connectivity index (χ1n) is 7.55. The maximum atomic E-state index is 11.9. The molecule has 0 saturated carbocycles. The van der Waals surface area contributed by atoms with Crippen molar-refractivity contribution in [3.8, 4) is 11.4 Å². The molecule has 1 fully saturated rings. The van der Waals surface area contributed by atoms with Crippen molar-refractivity contribution in [2.75, 3.05) is 18.9 Å². The third-order valence-electron chi connectivity index (χ3n) is 3.66. The number of rotatable bonds is 6. The van der Waals surface area contributed by atoms with E-state index in [1.807, 2.05) is 23.7 Å². The molecule has 0 radical (unpaired) electrons. The van der Waals surface area contributed by atoms with Crippen LogP contribution in [0, 0.1) is 0 Å². The van der Waals surface area contributed by atoms with Crippen molar-refractivity contribution in [1.29, 1.82) is 0 Å². The Morgan fingerprint density at radius 2 is 2.26 bits per heavy atom. The van der Waals surface area contributed by atoms with Crippen molar-refractivity contribution in [3.63, 3.8) is 0 Å². The summed E-state index contributed by atoms with van der Waals surface area (Å²) >= 11 is 1.37. The van der Waals surface area contributed by atoms with E-state index < -0.39 is 0 Å². The van der Waals surface area contributed by atoms with Gasteiger partial charge in [-0.3, -0.25) is 9.78 Å². The van der Waals surface area contributed by atoms with Gasteiger partial charge in [-0.15, -0.1) is 10.2 Å². The second-order valence-corrected chi connectivity index (χ2v) is 6.27. The molecule has 3 heterocycles. The normalized spacial score (nSPS) is 17.3. The van der Waals surface area contributed by atoms with Gasteiger partial charge in [0.1, 0.15) is 0 Å². The first-order chi connectivity index (χ1) is 11.2. The Bertz CT molecular complexity index is 655. The number of hydrogen-bond acceptors (Lipinski definition) is 6. The van der Waals surface area contributed by atoms with Crippen LogP contribution in [-0.4, -0.2) is 50.7 Å². The molecule has 1 aliphatic heterocycles. The molecule has 1 aliphatic rings.